The van der Waals surface area contributed by atoms with E-state index in [0.29, 0.717) is 12.5 Å². The van der Waals surface area contributed by atoms with E-state index in [9.17, 15) is 4.79 Å². The van der Waals surface area contributed by atoms with Crippen molar-refractivity contribution in [2.45, 2.75) is 19.8 Å². The number of nitrogens with zero attached hydrogens (tertiary/aromatic N) is 3. The summed E-state index contributed by atoms with van der Waals surface area (Å²) < 4.78 is 0. The van der Waals surface area contributed by atoms with Crippen molar-refractivity contribution in [1.29, 1.82) is 0 Å². The number of carboxylic acid groups (broad SMARTS) is 1. The molecule has 0 atom stereocenters. The highest BCUT2D eigenvalue weighted by Crippen LogP contribution is 2.05. The number of aliphatic carboxylic acids is 1. The second-order valence-electron chi connectivity index (χ2n) is 3.31. The molecule has 0 spiro atoms. The molecule has 82 valence electrons. The Morgan fingerprint density at radius 3 is 2.53 bits per heavy atom. The molecule has 1 aromatic heterocycles. The predicted octanol–water partition coefficient (Wildman–Crippen LogP) is 0.950. The Morgan fingerprint density at radius 1 is 1.47 bits per heavy atom. The molecule has 1 aromatic rings. The molecule has 0 radical (unpaired) electrons. The summed E-state index contributed by atoms with van der Waals surface area (Å²) in [5.74, 6) is -0.250. The van der Waals surface area contributed by atoms with Crippen LogP contribution in [0.15, 0.2) is 12.4 Å². The van der Waals surface area contributed by atoms with Crippen molar-refractivity contribution < 1.29 is 9.90 Å². The SMILES string of the molecule is CCc1cnc(N(C)CCC(=O)O)nc1. The highest BCUT2D eigenvalue weighted by Gasteiger charge is 2.05. The summed E-state index contributed by atoms with van der Waals surface area (Å²) in [5.41, 5.74) is 1.07. The predicted molar refractivity (Wildman–Crippen MR) is 56.9 cm³/mol. The maximum absolute atomic E-state index is 10.4. The Balaban J connectivity index is 2.57. The highest BCUT2D eigenvalue weighted by atomic mass is 16.4. The van der Waals surface area contributed by atoms with Gasteiger partial charge in [-0.1, -0.05) is 6.92 Å². The fourth-order valence-electron chi connectivity index (χ4n) is 1.09. The number of anilines is 1. The van der Waals surface area contributed by atoms with Crippen molar-refractivity contribution in [1.82, 2.24) is 9.97 Å². The van der Waals surface area contributed by atoms with E-state index in [4.69, 9.17) is 5.11 Å². The first kappa shape index (κ1) is 11.4. The van der Waals surface area contributed by atoms with Gasteiger partial charge in [0.1, 0.15) is 0 Å². The normalized spacial score (nSPS) is 10.0. The van der Waals surface area contributed by atoms with Gasteiger partial charge in [-0.3, -0.25) is 4.79 Å². The minimum absolute atomic E-state index is 0.0926. The Hall–Kier alpha value is -1.65. The van der Waals surface area contributed by atoms with E-state index in [-0.39, 0.29) is 6.42 Å². The third kappa shape index (κ3) is 3.53. The van der Waals surface area contributed by atoms with E-state index in [0.717, 1.165) is 12.0 Å². The van der Waals surface area contributed by atoms with Crippen LogP contribution in [0.25, 0.3) is 0 Å². The van der Waals surface area contributed by atoms with Gasteiger partial charge in [-0.2, -0.15) is 0 Å². The number of carbonyl (C=O) groups is 1. The van der Waals surface area contributed by atoms with Crippen LogP contribution >= 0.6 is 0 Å². The number of hydrogen-bond acceptors (Lipinski definition) is 4. The molecular formula is C10H15N3O2. The van der Waals surface area contributed by atoms with Crippen molar-refractivity contribution in [3.05, 3.63) is 18.0 Å². The zero-order valence-corrected chi connectivity index (χ0v) is 8.97. The summed E-state index contributed by atoms with van der Waals surface area (Å²) in [6.45, 7) is 2.45. The van der Waals surface area contributed by atoms with E-state index in [2.05, 4.69) is 9.97 Å². The number of carboxylic acids is 1. The van der Waals surface area contributed by atoms with Gasteiger partial charge in [-0.25, -0.2) is 9.97 Å². The lowest BCUT2D eigenvalue weighted by atomic mass is 10.3. The van der Waals surface area contributed by atoms with Crippen molar-refractivity contribution in [2.75, 3.05) is 18.5 Å². The quantitative estimate of drug-likeness (QED) is 0.782. The maximum Gasteiger partial charge on any atom is 0.305 e. The highest BCUT2D eigenvalue weighted by molar-refractivity contribution is 5.67. The molecule has 1 heterocycles. The number of hydrogen-bond donors (Lipinski definition) is 1. The van der Waals surface area contributed by atoms with Crippen LogP contribution in [0.4, 0.5) is 5.95 Å². The van der Waals surface area contributed by atoms with Crippen molar-refractivity contribution >= 4 is 11.9 Å². The average molecular weight is 209 g/mol. The average Bonchev–Trinajstić information content (AvgIpc) is 2.26. The maximum atomic E-state index is 10.4. The Bertz CT molecular complexity index is 324. The smallest absolute Gasteiger partial charge is 0.305 e. The zero-order chi connectivity index (χ0) is 11.3. The molecule has 0 bridgehead atoms. The molecule has 5 heteroatoms. The molecule has 1 N–H and O–H groups in total. The molecule has 5 nitrogen and oxygen atoms in total. The van der Waals surface area contributed by atoms with E-state index in [1.54, 1.807) is 24.3 Å². The fraction of sp³-hybridized carbons (Fsp3) is 0.500. The number of aromatic nitrogens is 2. The van der Waals surface area contributed by atoms with Crippen LogP contribution in [0, 0.1) is 0 Å². The second kappa shape index (κ2) is 5.29. The minimum Gasteiger partial charge on any atom is -0.481 e. The van der Waals surface area contributed by atoms with Crippen LogP contribution < -0.4 is 4.90 Å². The lowest BCUT2D eigenvalue weighted by Gasteiger charge is -2.15. The third-order valence-electron chi connectivity index (χ3n) is 2.10. The summed E-state index contributed by atoms with van der Waals surface area (Å²) in [4.78, 5) is 20.4. The first-order valence-corrected chi connectivity index (χ1v) is 4.87. The molecule has 0 amide bonds. The van der Waals surface area contributed by atoms with Crippen LogP contribution in [0.2, 0.25) is 0 Å². The van der Waals surface area contributed by atoms with Crippen LogP contribution in [0.1, 0.15) is 18.9 Å². The van der Waals surface area contributed by atoms with Crippen LogP contribution in [0.3, 0.4) is 0 Å². The van der Waals surface area contributed by atoms with Gasteiger partial charge in [0.15, 0.2) is 0 Å². The molecular weight excluding hydrogens is 194 g/mol. The summed E-state index contributed by atoms with van der Waals surface area (Å²) in [5, 5.41) is 8.52. The third-order valence-corrected chi connectivity index (χ3v) is 2.10. The molecule has 0 unspecified atom stereocenters. The van der Waals surface area contributed by atoms with Crippen LogP contribution in [0.5, 0.6) is 0 Å². The van der Waals surface area contributed by atoms with Crippen molar-refractivity contribution in [3.63, 3.8) is 0 Å². The van der Waals surface area contributed by atoms with Gasteiger partial charge in [0.25, 0.3) is 0 Å². The minimum atomic E-state index is -0.813. The Kier molecular flexibility index (Phi) is 4.03. The summed E-state index contributed by atoms with van der Waals surface area (Å²) in [7, 11) is 1.78. The van der Waals surface area contributed by atoms with Gasteiger partial charge in [-0.15, -0.1) is 0 Å². The molecule has 0 aromatic carbocycles. The fourth-order valence-corrected chi connectivity index (χ4v) is 1.09. The first-order chi connectivity index (χ1) is 7.13. The van der Waals surface area contributed by atoms with Crippen molar-refractivity contribution in [2.24, 2.45) is 0 Å². The number of rotatable bonds is 5. The standard InChI is InChI=1S/C10H15N3O2/c1-3-8-6-11-10(12-7-8)13(2)5-4-9(14)15/h6-7H,3-5H2,1-2H3,(H,14,15). The number of aryl methyl sites for hydroxylation is 1. The molecule has 0 saturated carbocycles. The lowest BCUT2D eigenvalue weighted by molar-refractivity contribution is -0.136. The first-order valence-electron chi connectivity index (χ1n) is 4.87. The monoisotopic (exact) mass is 209 g/mol. The van der Waals surface area contributed by atoms with Gasteiger partial charge < -0.3 is 10.0 Å². The molecule has 0 fully saturated rings. The van der Waals surface area contributed by atoms with Crippen LogP contribution in [-0.2, 0) is 11.2 Å². The molecule has 0 aliphatic heterocycles. The van der Waals surface area contributed by atoms with Gasteiger partial charge in [0.05, 0.1) is 6.42 Å². The lowest BCUT2D eigenvalue weighted by Crippen LogP contribution is -2.23. The van der Waals surface area contributed by atoms with E-state index < -0.39 is 5.97 Å². The summed E-state index contributed by atoms with van der Waals surface area (Å²) in [6, 6.07) is 0. The van der Waals surface area contributed by atoms with Crippen LogP contribution in [-0.4, -0.2) is 34.6 Å². The molecule has 1 rings (SSSR count). The topological polar surface area (TPSA) is 66.3 Å². The largest absolute Gasteiger partial charge is 0.481 e. The Morgan fingerprint density at radius 2 is 2.07 bits per heavy atom. The zero-order valence-electron chi connectivity index (χ0n) is 8.97. The van der Waals surface area contributed by atoms with Crippen molar-refractivity contribution in [3.8, 4) is 0 Å². The van der Waals surface area contributed by atoms with Gasteiger partial charge >= 0.3 is 5.97 Å². The van der Waals surface area contributed by atoms with Gasteiger partial charge in [0, 0.05) is 26.0 Å². The molecule has 0 aliphatic carbocycles. The van der Waals surface area contributed by atoms with E-state index in [1.165, 1.54) is 0 Å². The molecule has 0 saturated heterocycles. The molecule has 15 heavy (non-hydrogen) atoms. The second-order valence-corrected chi connectivity index (χ2v) is 3.31. The van der Waals surface area contributed by atoms with E-state index in [1.807, 2.05) is 6.92 Å². The summed E-state index contributed by atoms with van der Waals surface area (Å²) >= 11 is 0. The van der Waals surface area contributed by atoms with Gasteiger partial charge in [-0.05, 0) is 12.0 Å². The Labute approximate surface area is 88.8 Å². The molecule has 0 aliphatic rings. The summed E-state index contributed by atoms with van der Waals surface area (Å²) in [6.07, 6.45) is 4.52. The van der Waals surface area contributed by atoms with E-state index >= 15 is 0 Å². The van der Waals surface area contributed by atoms with Gasteiger partial charge in [0.2, 0.25) is 5.95 Å².